The molecule has 5 nitrogen and oxygen atoms in total. The minimum atomic E-state index is -0.0224. The predicted octanol–water partition coefficient (Wildman–Crippen LogP) is 4.57. The van der Waals surface area contributed by atoms with Crippen LogP contribution >= 0.6 is 0 Å². The highest BCUT2D eigenvalue weighted by Gasteiger charge is 2.17. The van der Waals surface area contributed by atoms with Gasteiger partial charge in [-0.2, -0.15) is 0 Å². The molecule has 2 aromatic carbocycles. The van der Waals surface area contributed by atoms with Crippen LogP contribution in [0.25, 0.3) is 11.3 Å². The second-order valence-corrected chi connectivity index (χ2v) is 6.42. The maximum atomic E-state index is 5.61. The molecule has 0 fully saturated rings. The molecule has 4 rings (SSSR count). The summed E-state index contributed by atoms with van der Waals surface area (Å²) in [4.78, 5) is 9.10. The average Bonchev–Trinajstić information content (AvgIpc) is 3.38. The van der Waals surface area contributed by atoms with Gasteiger partial charge in [-0.05, 0) is 30.7 Å². The SMILES string of the molecule is CCCOc1ccc(-c2cc(CC3C=NC(c4ccccc4)=N3)on2)cc1. The Morgan fingerprint density at radius 1 is 1.00 bits per heavy atom. The molecule has 0 bridgehead atoms. The molecule has 0 saturated carbocycles. The fraction of sp³-hybridized carbons (Fsp3) is 0.227. The Morgan fingerprint density at radius 3 is 2.59 bits per heavy atom. The summed E-state index contributed by atoms with van der Waals surface area (Å²) in [7, 11) is 0. The van der Waals surface area contributed by atoms with Crippen molar-refractivity contribution in [1.29, 1.82) is 0 Å². The van der Waals surface area contributed by atoms with E-state index in [4.69, 9.17) is 9.26 Å². The summed E-state index contributed by atoms with van der Waals surface area (Å²) < 4.78 is 11.1. The van der Waals surface area contributed by atoms with E-state index in [0.29, 0.717) is 6.42 Å². The molecule has 1 unspecified atom stereocenters. The van der Waals surface area contributed by atoms with Crippen molar-refractivity contribution in [3.8, 4) is 17.0 Å². The first-order chi connectivity index (χ1) is 13.3. The van der Waals surface area contributed by atoms with Crippen molar-refractivity contribution in [2.45, 2.75) is 25.8 Å². The molecule has 1 aromatic heterocycles. The number of amidine groups is 1. The summed E-state index contributed by atoms with van der Waals surface area (Å²) in [6, 6.07) is 19.8. The number of hydrogen-bond donors (Lipinski definition) is 0. The van der Waals surface area contributed by atoms with Crippen molar-refractivity contribution in [2.24, 2.45) is 9.98 Å². The third-order valence-electron chi connectivity index (χ3n) is 4.28. The molecule has 27 heavy (non-hydrogen) atoms. The van der Waals surface area contributed by atoms with Crippen LogP contribution in [0.15, 0.2) is 75.2 Å². The van der Waals surface area contributed by atoms with Gasteiger partial charge in [-0.3, -0.25) is 4.99 Å². The van der Waals surface area contributed by atoms with Gasteiger partial charge < -0.3 is 9.26 Å². The normalized spacial score (nSPS) is 15.7. The third-order valence-corrected chi connectivity index (χ3v) is 4.28. The van der Waals surface area contributed by atoms with Gasteiger partial charge in [-0.15, -0.1) is 0 Å². The maximum Gasteiger partial charge on any atom is 0.154 e. The molecule has 0 N–H and O–H groups in total. The molecule has 1 aliphatic heterocycles. The van der Waals surface area contributed by atoms with Crippen molar-refractivity contribution >= 4 is 12.1 Å². The lowest BCUT2D eigenvalue weighted by molar-refractivity contribution is 0.317. The summed E-state index contributed by atoms with van der Waals surface area (Å²) in [6.45, 7) is 2.81. The number of benzene rings is 2. The number of aromatic nitrogens is 1. The highest BCUT2D eigenvalue weighted by atomic mass is 16.5. The molecule has 0 radical (unpaired) electrons. The van der Waals surface area contributed by atoms with Gasteiger partial charge in [0, 0.05) is 29.8 Å². The fourth-order valence-electron chi connectivity index (χ4n) is 2.91. The van der Waals surface area contributed by atoms with E-state index in [2.05, 4.69) is 22.1 Å². The average molecular weight is 359 g/mol. The van der Waals surface area contributed by atoms with E-state index in [9.17, 15) is 0 Å². The topological polar surface area (TPSA) is 60.0 Å². The molecule has 0 spiro atoms. The number of ether oxygens (including phenoxy) is 1. The second kappa shape index (κ2) is 7.99. The summed E-state index contributed by atoms with van der Waals surface area (Å²) in [5.74, 6) is 2.43. The van der Waals surface area contributed by atoms with Gasteiger partial charge >= 0.3 is 0 Å². The molecule has 3 aromatic rings. The van der Waals surface area contributed by atoms with Crippen molar-refractivity contribution in [1.82, 2.24) is 5.16 Å². The van der Waals surface area contributed by atoms with E-state index in [1.165, 1.54) is 0 Å². The van der Waals surface area contributed by atoms with Crippen LogP contribution in [0.3, 0.4) is 0 Å². The Kier molecular flexibility index (Phi) is 5.10. The fourth-order valence-corrected chi connectivity index (χ4v) is 2.91. The van der Waals surface area contributed by atoms with Gasteiger partial charge in [0.05, 0.1) is 12.6 Å². The van der Waals surface area contributed by atoms with E-state index in [1.807, 2.05) is 66.9 Å². The zero-order valence-electron chi connectivity index (χ0n) is 15.2. The lowest BCUT2D eigenvalue weighted by atomic mass is 10.1. The summed E-state index contributed by atoms with van der Waals surface area (Å²) in [6.07, 6.45) is 3.50. The quantitative estimate of drug-likeness (QED) is 0.621. The largest absolute Gasteiger partial charge is 0.494 e. The van der Waals surface area contributed by atoms with Gasteiger partial charge in [-0.1, -0.05) is 42.4 Å². The smallest absolute Gasteiger partial charge is 0.154 e. The van der Waals surface area contributed by atoms with Gasteiger partial charge in [-0.25, -0.2) is 4.99 Å². The van der Waals surface area contributed by atoms with Crippen molar-refractivity contribution < 1.29 is 9.26 Å². The maximum absolute atomic E-state index is 5.61. The molecule has 0 aliphatic carbocycles. The van der Waals surface area contributed by atoms with Crippen molar-refractivity contribution in [3.05, 3.63) is 72.0 Å². The first-order valence-electron chi connectivity index (χ1n) is 9.18. The van der Waals surface area contributed by atoms with Gasteiger partial charge in [0.2, 0.25) is 0 Å². The number of rotatable bonds is 7. The molecule has 0 amide bonds. The van der Waals surface area contributed by atoms with Crippen LogP contribution < -0.4 is 4.74 Å². The minimum absolute atomic E-state index is 0.0224. The van der Waals surface area contributed by atoms with Crippen LogP contribution in [-0.4, -0.2) is 29.9 Å². The van der Waals surface area contributed by atoms with Gasteiger partial charge in [0.1, 0.15) is 17.2 Å². The number of nitrogens with zero attached hydrogens (tertiary/aromatic N) is 3. The predicted molar refractivity (Wildman–Crippen MR) is 107 cm³/mol. The minimum Gasteiger partial charge on any atom is -0.494 e. The van der Waals surface area contributed by atoms with Crippen LogP contribution in [0.4, 0.5) is 0 Å². The van der Waals surface area contributed by atoms with Crippen LogP contribution in [0.2, 0.25) is 0 Å². The lowest BCUT2D eigenvalue weighted by Gasteiger charge is -2.04. The van der Waals surface area contributed by atoms with E-state index >= 15 is 0 Å². The Labute approximate surface area is 158 Å². The van der Waals surface area contributed by atoms with E-state index in [0.717, 1.165) is 47.2 Å². The van der Waals surface area contributed by atoms with Gasteiger partial charge in [0.25, 0.3) is 0 Å². The zero-order chi connectivity index (χ0) is 18.5. The van der Waals surface area contributed by atoms with E-state index in [1.54, 1.807) is 0 Å². The molecule has 1 aliphatic rings. The number of hydrogen-bond acceptors (Lipinski definition) is 5. The van der Waals surface area contributed by atoms with Crippen LogP contribution in [-0.2, 0) is 6.42 Å². The van der Waals surface area contributed by atoms with Crippen LogP contribution in [0, 0.1) is 0 Å². The highest BCUT2D eigenvalue weighted by molar-refractivity contribution is 6.07. The van der Waals surface area contributed by atoms with Gasteiger partial charge in [0.15, 0.2) is 5.84 Å². The Balaban J connectivity index is 1.41. The highest BCUT2D eigenvalue weighted by Crippen LogP contribution is 2.23. The Hall–Kier alpha value is -3.21. The van der Waals surface area contributed by atoms with Crippen LogP contribution in [0.5, 0.6) is 5.75 Å². The molecule has 0 saturated heterocycles. The first-order valence-corrected chi connectivity index (χ1v) is 9.18. The third kappa shape index (κ3) is 4.14. The summed E-state index contributed by atoms with van der Waals surface area (Å²) >= 11 is 0. The number of aliphatic imine (C=N–C) groups is 2. The Morgan fingerprint density at radius 2 is 1.81 bits per heavy atom. The Bertz CT molecular complexity index is 943. The lowest BCUT2D eigenvalue weighted by Crippen LogP contribution is -2.06. The van der Waals surface area contributed by atoms with E-state index in [-0.39, 0.29) is 6.04 Å². The zero-order valence-corrected chi connectivity index (χ0v) is 15.2. The van der Waals surface area contributed by atoms with E-state index < -0.39 is 0 Å². The van der Waals surface area contributed by atoms with Crippen LogP contribution in [0.1, 0.15) is 24.7 Å². The molecular formula is C22H21N3O2. The first kappa shape index (κ1) is 17.2. The second-order valence-electron chi connectivity index (χ2n) is 6.42. The summed E-state index contributed by atoms with van der Waals surface area (Å²) in [5.41, 5.74) is 2.84. The van der Waals surface area contributed by atoms with Crippen molar-refractivity contribution in [2.75, 3.05) is 6.61 Å². The molecular weight excluding hydrogens is 338 g/mol. The molecule has 1 atom stereocenters. The summed E-state index contributed by atoms with van der Waals surface area (Å²) in [5, 5.41) is 4.19. The molecule has 2 heterocycles. The molecule has 5 heteroatoms. The standard InChI is InChI=1S/C22H21N3O2/c1-2-12-26-19-10-8-16(9-11-19)21-14-20(27-25-21)13-18-15-23-22(24-18)17-6-4-3-5-7-17/h3-11,14-15,18H,2,12-13H2,1H3. The van der Waals surface area contributed by atoms with Crippen molar-refractivity contribution in [3.63, 3.8) is 0 Å². The molecule has 136 valence electrons. The monoisotopic (exact) mass is 359 g/mol.